The van der Waals surface area contributed by atoms with E-state index < -0.39 is 0 Å². The molecule has 0 radical (unpaired) electrons. The van der Waals surface area contributed by atoms with Crippen LogP contribution in [-0.4, -0.2) is 34.3 Å². The SMILES string of the molecule is CN(C)c1nnc(Sc2ncncc2Br)s1. The predicted molar refractivity (Wildman–Crippen MR) is 68.1 cm³/mol. The van der Waals surface area contributed by atoms with Crippen LogP contribution in [0.5, 0.6) is 0 Å². The monoisotopic (exact) mass is 317 g/mol. The fourth-order valence-corrected chi connectivity index (χ4v) is 2.97. The summed E-state index contributed by atoms with van der Waals surface area (Å²) in [6.45, 7) is 0. The minimum Gasteiger partial charge on any atom is -0.353 e. The van der Waals surface area contributed by atoms with Crippen LogP contribution in [-0.2, 0) is 0 Å². The van der Waals surface area contributed by atoms with Gasteiger partial charge in [-0.1, -0.05) is 11.3 Å². The van der Waals surface area contributed by atoms with E-state index in [1.807, 2.05) is 19.0 Å². The highest BCUT2D eigenvalue weighted by Gasteiger charge is 2.10. The lowest BCUT2D eigenvalue weighted by atomic mass is 10.7. The Hall–Kier alpha value is -0.730. The first-order valence-electron chi connectivity index (χ1n) is 4.31. The molecule has 5 nitrogen and oxygen atoms in total. The van der Waals surface area contributed by atoms with Crippen LogP contribution in [0.2, 0.25) is 0 Å². The summed E-state index contributed by atoms with van der Waals surface area (Å²) in [6.07, 6.45) is 3.23. The van der Waals surface area contributed by atoms with Gasteiger partial charge in [0.25, 0.3) is 0 Å². The molecule has 0 aliphatic carbocycles. The number of nitrogens with zero attached hydrogens (tertiary/aromatic N) is 5. The molecule has 2 heterocycles. The number of hydrogen-bond acceptors (Lipinski definition) is 7. The lowest BCUT2D eigenvalue weighted by molar-refractivity contribution is 0.966. The van der Waals surface area contributed by atoms with Gasteiger partial charge in [-0.3, -0.25) is 0 Å². The molecule has 0 aliphatic heterocycles. The van der Waals surface area contributed by atoms with Crippen molar-refractivity contribution < 1.29 is 0 Å². The third-order valence-electron chi connectivity index (χ3n) is 1.60. The number of anilines is 1. The maximum Gasteiger partial charge on any atom is 0.208 e. The zero-order valence-corrected chi connectivity index (χ0v) is 11.8. The molecule has 2 aromatic rings. The molecule has 0 bridgehead atoms. The Kier molecular flexibility index (Phi) is 3.72. The highest BCUT2D eigenvalue weighted by molar-refractivity contribution is 9.10. The van der Waals surface area contributed by atoms with E-state index in [0.717, 1.165) is 19.0 Å². The second kappa shape index (κ2) is 5.07. The van der Waals surface area contributed by atoms with Gasteiger partial charge in [-0.25, -0.2) is 9.97 Å². The Labute approximate surface area is 109 Å². The average molecular weight is 318 g/mol. The minimum atomic E-state index is 0.844. The summed E-state index contributed by atoms with van der Waals surface area (Å²) in [7, 11) is 3.88. The molecular weight excluding hydrogens is 310 g/mol. The van der Waals surface area contributed by atoms with E-state index in [2.05, 4.69) is 36.1 Å². The van der Waals surface area contributed by atoms with Crippen LogP contribution in [0.25, 0.3) is 0 Å². The van der Waals surface area contributed by atoms with Crippen molar-refractivity contribution in [3.8, 4) is 0 Å². The third-order valence-corrected chi connectivity index (χ3v) is 4.60. The molecule has 8 heteroatoms. The van der Waals surface area contributed by atoms with Gasteiger partial charge in [0.15, 0.2) is 4.34 Å². The van der Waals surface area contributed by atoms with E-state index in [-0.39, 0.29) is 0 Å². The largest absolute Gasteiger partial charge is 0.353 e. The number of hydrogen-bond donors (Lipinski definition) is 0. The summed E-state index contributed by atoms with van der Waals surface area (Å²) in [4.78, 5) is 9.99. The summed E-state index contributed by atoms with van der Waals surface area (Å²) >= 11 is 6.39. The summed E-state index contributed by atoms with van der Waals surface area (Å²) in [6, 6.07) is 0. The maximum absolute atomic E-state index is 4.16. The highest BCUT2D eigenvalue weighted by atomic mass is 79.9. The molecule has 0 aromatic carbocycles. The van der Waals surface area contributed by atoms with Crippen LogP contribution in [0.3, 0.4) is 0 Å². The first kappa shape index (κ1) is 11.7. The van der Waals surface area contributed by atoms with E-state index in [9.17, 15) is 0 Å². The predicted octanol–water partition coefficient (Wildman–Crippen LogP) is 2.31. The van der Waals surface area contributed by atoms with Crippen molar-refractivity contribution in [3.63, 3.8) is 0 Å². The van der Waals surface area contributed by atoms with E-state index in [4.69, 9.17) is 0 Å². The van der Waals surface area contributed by atoms with Gasteiger partial charge < -0.3 is 4.90 Å². The lowest BCUT2D eigenvalue weighted by Gasteiger charge is -2.03. The van der Waals surface area contributed by atoms with Gasteiger partial charge >= 0.3 is 0 Å². The Morgan fingerprint density at radius 1 is 1.38 bits per heavy atom. The highest BCUT2D eigenvalue weighted by Crippen LogP contribution is 2.34. The molecule has 16 heavy (non-hydrogen) atoms. The second-order valence-corrected chi connectivity index (χ2v) is 6.07. The standard InChI is InChI=1S/C8H8BrN5S2/c1-14(2)7-12-13-8(16-7)15-6-5(9)3-10-4-11-6/h3-4H,1-2H3. The van der Waals surface area contributed by atoms with Gasteiger partial charge in [0, 0.05) is 20.3 Å². The maximum atomic E-state index is 4.16. The van der Waals surface area contributed by atoms with E-state index in [0.29, 0.717) is 0 Å². The van der Waals surface area contributed by atoms with Gasteiger partial charge in [0.05, 0.1) is 4.47 Å². The molecular formula is C8H8BrN5S2. The molecule has 0 N–H and O–H groups in total. The fourth-order valence-electron chi connectivity index (χ4n) is 0.884. The molecule has 0 atom stereocenters. The third kappa shape index (κ3) is 2.69. The smallest absolute Gasteiger partial charge is 0.208 e. The average Bonchev–Trinajstić information content (AvgIpc) is 2.70. The van der Waals surface area contributed by atoms with Crippen molar-refractivity contribution >= 4 is 44.2 Å². The molecule has 2 rings (SSSR count). The quantitative estimate of drug-likeness (QED) is 0.810. The van der Waals surface area contributed by atoms with Gasteiger partial charge in [-0.05, 0) is 27.7 Å². The first-order valence-corrected chi connectivity index (χ1v) is 6.73. The number of halogens is 1. The molecule has 0 amide bonds. The molecule has 2 aromatic heterocycles. The summed E-state index contributed by atoms with van der Waals surface area (Å²) in [5, 5.41) is 9.86. The van der Waals surface area contributed by atoms with Crippen molar-refractivity contribution in [1.82, 2.24) is 20.2 Å². The number of aromatic nitrogens is 4. The minimum absolute atomic E-state index is 0.844. The zero-order valence-electron chi connectivity index (χ0n) is 8.59. The van der Waals surface area contributed by atoms with Gasteiger partial charge in [0.1, 0.15) is 11.4 Å². The Morgan fingerprint density at radius 3 is 2.81 bits per heavy atom. The Balaban J connectivity index is 2.18. The van der Waals surface area contributed by atoms with E-state index in [1.165, 1.54) is 29.4 Å². The Bertz CT molecular complexity index is 487. The molecule has 0 fully saturated rings. The molecule has 0 aliphatic rings. The van der Waals surface area contributed by atoms with Crippen molar-refractivity contribution in [2.45, 2.75) is 9.37 Å². The van der Waals surface area contributed by atoms with Gasteiger partial charge in [0.2, 0.25) is 5.13 Å². The molecule has 84 valence electrons. The molecule has 0 spiro atoms. The second-order valence-electron chi connectivity index (χ2n) is 3.02. The first-order chi connectivity index (χ1) is 7.66. The zero-order chi connectivity index (χ0) is 11.5. The van der Waals surface area contributed by atoms with Crippen molar-refractivity contribution in [2.24, 2.45) is 0 Å². The molecule has 0 unspecified atom stereocenters. The van der Waals surface area contributed by atoms with Crippen LogP contribution < -0.4 is 4.90 Å². The topological polar surface area (TPSA) is 54.8 Å². The molecule has 0 saturated carbocycles. The number of rotatable bonds is 3. The normalized spacial score (nSPS) is 10.4. The summed E-state index contributed by atoms with van der Waals surface area (Å²) in [5.74, 6) is 0. The van der Waals surface area contributed by atoms with Gasteiger partial charge in [-0.2, -0.15) is 0 Å². The summed E-state index contributed by atoms with van der Waals surface area (Å²) in [5.41, 5.74) is 0. The van der Waals surface area contributed by atoms with Crippen molar-refractivity contribution in [2.75, 3.05) is 19.0 Å². The van der Waals surface area contributed by atoms with Crippen LogP contribution in [0, 0.1) is 0 Å². The van der Waals surface area contributed by atoms with Gasteiger partial charge in [-0.15, -0.1) is 10.2 Å². The summed E-state index contributed by atoms with van der Waals surface area (Å²) < 4.78 is 1.73. The van der Waals surface area contributed by atoms with E-state index >= 15 is 0 Å². The van der Waals surface area contributed by atoms with Crippen LogP contribution in [0.15, 0.2) is 26.4 Å². The fraction of sp³-hybridized carbons (Fsp3) is 0.250. The Morgan fingerprint density at radius 2 is 2.19 bits per heavy atom. The lowest BCUT2D eigenvalue weighted by Crippen LogP contribution is -2.07. The van der Waals surface area contributed by atoms with Crippen LogP contribution in [0.4, 0.5) is 5.13 Å². The van der Waals surface area contributed by atoms with Crippen molar-refractivity contribution in [3.05, 3.63) is 17.0 Å². The molecule has 0 saturated heterocycles. The van der Waals surface area contributed by atoms with Crippen LogP contribution >= 0.6 is 39.0 Å². The van der Waals surface area contributed by atoms with Crippen molar-refractivity contribution in [1.29, 1.82) is 0 Å². The van der Waals surface area contributed by atoms with E-state index in [1.54, 1.807) is 6.20 Å². The van der Waals surface area contributed by atoms with Crippen LogP contribution in [0.1, 0.15) is 0 Å².